The molecule has 1 heterocycles. The van der Waals surface area contributed by atoms with E-state index in [-0.39, 0.29) is 11.8 Å². The fourth-order valence-electron chi connectivity index (χ4n) is 1.57. The molecular weight excluding hydrogens is 226 g/mol. The van der Waals surface area contributed by atoms with Gasteiger partial charge < -0.3 is 9.73 Å². The minimum atomic E-state index is -2.85. The fourth-order valence-corrected chi connectivity index (χ4v) is 2.24. The maximum absolute atomic E-state index is 10.9. The summed E-state index contributed by atoms with van der Waals surface area (Å²) in [4.78, 5) is 0. The molecule has 16 heavy (non-hydrogen) atoms. The van der Waals surface area contributed by atoms with Gasteiger partial charge in [-0.05, 0) is 38.4 Å². The molecule has 1 atom stereocenters. The van der Waals surface area contributed by atoms with Crippen molar-refractivity contribution < 1.29 is 12.8 Å². The molecule has 0 spiro atoms. The van der Waals surface area contributed by atoms with E-state index < -0.39 is 9.84 Å². The summed E-state index contributed by atoms with van der Waals surface area (Å²) in [6.45, 7) is 4.67. The third-order valence-corrected chi connectivity index (χ3v) is 3.47. The van der Waals surface area contributed by atoms with Crippen molar-refractivity contribution in [1.29, 1.82) is 0 Å². The molecule has 0 aliphatic heterocycles. The largest absolute Gasteiger partial charge is 0.467 e. The first-order valence-corrected chi connectivity index (χ1v) is 7.41. The molecule has 0 aliphatic rings. The number of rotatable bonds is 6. The van der Waals surface area contributed by atoms with Crippen molar-refractivity contribution in [1.82, 2.24) is 5.32 Å². The van der Waals surface area contributed by atoms with Crippen molar-refractivity contribution in [3.63, 3.8) is 0 Å². The summed E-state index contributed by atoms with van der Waals surface area (Å²) in [5.74, 6) is 1.14. The molecule has 0 amide bonds. The number of nitrogens with one attached hydrogen (secondary N) is 1. The highest BCUT2D eigenvalue weighted by molar-refractivity contribution is 7.90. The summed E-state index contributed by atoms with van der Waals surface area (Å²) in [5.41, 5.74) is 1.11. The summed E-state index contributed by atoms with van der Waals surface area (Å²) in [5, 5.41) is 3.24. The summed E-state index contributed by atoms with van der Waals surface area (Å²) in [6, 6.07) is 2.04. The van der Waals surface area contributed by atoms with Gasteiger partial charge in [0.15, 0.2) is 0 Å². The molecule has 0 bridgehead atoms. The van der Waals surface area contributed by atoms with Crippen molar-refractivity contribution in [2.24, 2.45) is 0 Å². The molecule has 1 aromatic rings. The van der Waals surface area contributed by atoms with Crippen LogP contribution in [-0.4, -0.2) is 27.0 Å². The maximum atomic E-state index is 10.9. The monoisotopic (exact) mass is 245 g/mol. The molecule has 1 N–H and O–H groups in total. The molecule has 1 rings (SSSR count). The summed E-state index contributed by atoms with van der Waals surface area (Å²) in [7, 11) is -2.85. The van der Waals surface area contributed by atoms with Crippen LogP contribution < -0.4 is 5.32 Å². The van der Waals surface area contributed by atoms with Crippen molar-refractivity contribution >= 4 is 9.84 Å². The van der Waals surface area contributed by atoms with Crippen LogP contribution in [0.15, 0.2) is 16.7 Å². The van der Waals surface area contributed by atoms with Crippen LogP contribution in [-0.2, 0) is 9.84 Å². The fraction of sp³-hybridized carbons (Fsp3) is 0.636. The Labute approximate surface area is 97.0 Å². The molecule has 0 aromatic carbocycles. The third-order valence-electron chi connectivity index (χ3n) is 2.44. The molecule has 0 saturated heterocycles. The Morgan fingerprint density at radius 3 is 2.69 bits per heavy atom. The zero-order valence-corrected chi connectivity index (χ0v) is 10.8. The lowest BCUT2D eigenvalue weighted by molar-refractivity contribution is 0.428. The Morgan fingerprint density at radius 2 is 2.19 bits per heavy atom. The normalized spacial score (nSPS) is 13.9. The number of hydrogen-bond donors (Lipinski definition) is 1. The molecule has 92 valence electrons. The average molecular weight is 245 g/mol. The Hall–Kier alpha value is -0.810. The van der Waals surface area contributed by atoms with Crippen molar-refractivity contribution in [3.8, 4) is 0 Å². The van der Waals surface area contributed by atoms with Gasteiger partial charge in [-0.2, -0.15) is 0 Å². The van der Waals surface area contributed by atoms with Gasteiger partial charge in [0, 0.05) is 6.26 Å². The van der Waals surface area contributed by atoms with Gasteiger partial charge in [0.2, 0.25) is 0 Å². The van der Waals surface area contributed by atoms with Gasteiger partial charge in [0.05, 0.1) is 18.1 Å². The van der Waals surface area contributed by atoms with E-state index in [0.29, 0.717) is 13.0 Å². The lowest BCUT2D eigenvalue weighted by atomic mass is 10.2. The Bertz CT molecular complexity index is 422. The topological polar surface area (TPSA) is 59.3 Å². The lowest BCUT2D eigenvalue weighted by Crippen LogP contribution is -2.22. The number of hydrogen-bond acceptors (Lipinski definition) is 4. The molecular formula is C11H19NO3S. The Morgan fingerprint density at radius 1 is 1.50 bits per heavy atom. The van der Waals surface area contributed by atoms with E-state index in [9.17, 15) is 8.42 Å². The summed E-state index contributed by atoms with van der Waals surface area (Å²) in [6.07, 6.45) is 3.55. The zero-order valence-electron chi connectivity index (χ0n) is 9.99. The standard InChI is InChI=1S/C11H19NO3S/c1-9-5-7-15-11(9)10(2)12-6-4-8-16(3,13)14/h5,7,10,12H,4,6,8H2,1-3H3. The second kappa shape index (κ2) is 5.50. The molecule has 1 aromatic heterocycles. The molecule has 0 fully saturated rings. The predicted octanol–water partition coefficient (Wildman–Crippen LogP) is 1.67. The van der Waals surface area contributed by atoms with Gasteiger partial charge >= 0.3 is 0 Å². The molecule has 4 nitrogen and oxygen atoms in total. The van der Waals surface area contributed by atoms with Crippen LogP contribution in [0.25, 0.3) is 0 Å². The second-order valence-corrected chi connectivity index (χ2v) is 6.39. The van der Waals surface area contributed by atoms with E-state index in [1.165, 1.54) is 6.26 Å². The highest BCUT2D eigenvalue weighted by Crippen LogP contribution is 2.17. The average Bonchev–Trinajstić information content (AvgIpc) is 2.57. The minimum absolute atomic E-state index is 0.120. The molecule has 5 heteroatoms. The second-order valence-electron chi connectivity index (χ2n) is 4.13. The van der Waals surface area contributed by atoms with Crippen LogP contribution in [0.1, 0.15) is 30.7 Å². The Kier molecular flexibility index (Phi) is 4.56. The van der Waals surface area contributed by atoms with E-state index in [0.717, 1.165) is 11.3 Å². The molecule has 0 aliphatic carbocycles. The van der Waals surface area contributed by atoms with E-state index in [1.54, 1.807) is 6.26 Å². The van der Waals surface area contributed by atoms with E-state index in [1.807, 2.05) is 19.9 Å². The van der Waals surface area contributed by atoms with E-state index in [4.69, 9.17) is 4.42 Å². The number of aryl methyl sites for hydroxylation is 1. The summed E-state index contributed by atoms with van der Waals surface area (Å²) < 4.78 is 27.2. The lowest BCUT2D eigenvalue weighted by Gasteiger charge is -2.11. The molecule has 1 unspecified atom stereocenters. The van der Waals surface area contributed by atoms with Crippen LogP contribution in [0.2, 0.25) is 0 Å². The van der Waals surface area contributed by atoms with Gasteiger partial charge in [-0.3, -0.25) is 0 Å². The van der Waals surface area contributed by atoms with Gasteiger partial charge in [-0.1, -0.05) is 0 Å². The van der Waals surface area contributed by atoms with Crippen LogP contribution >= 0.6 is 0 Å². The third kappa shape index (κ3) is 4.37. The smallest absolute Gasteiger partial charge is 0.147 e. The summed E-state index contributed by atoms with van der Waals surface area (Å²) >= 11 is 0. The van der Waals surface area contributed by atoms with Gasteiger partial charge in [-0.15, -0.1) is 0 Å². The molecule has 0 saturated carbocycles. The highest BCUT2D eigenvalue weighted by Gasteiger charge is 2.11. The minimum Gasteiger partial charge on any atom is -0.467 e. The number of furan rings is 1. The van der Waals surface area contributed by atoms with Crippen molar-refractivity contribution in [2.45, 2.75) is 26.3 Å². The van der Waals surface area contributed by atoms with Crippen LogP contribution in [0, 0.1) is 6.92 Å². The first-order valence-electron chi connectivity index (χ1n) is 5.35. The first-order chi connectivity index (χ1) is 7.40. The van der Waals surface area contributed by atoms with E-state index in [2.05, 4.69) is 5.32 Å². The maximum Gasteiger partial charge on any atom is 0.147 e. The van der Waals surface area contributed by atoms with E-state index >= 15 is 0 Å². The van der Waals surface area contributed by atoms with Gasteiger partial charge in [0.25, 0.3) is 0 Å². The zero-order chi connectivity index (χ0) is 12.2. The van der Waals surface area contributed by atoms with Crippen molar-refractivity contribution in [2.75, 3.05) is 18.6 Å². The van der Waals surface area contributed by atoms with Crippen molar-refractivity contribution in [3.05, 3.63) is 23.7 Å². The Balaban J connectivity index is 2.32. The van der Waals surface area contributed by atoms with Crippen LogP contribution in [0.4, 0.5) is 0 Å². The van der Waals surface area contributed by atoms with Crippen LogP contribution in [0.5, 0.6) is 0 Å². The quantitative estimate of drug-likeness (QED) is 0.775. The van der Waals surface area contributed by atoms with Crippen LogP contribution in [0.3, 0.4) is 0 Å². The predicted molar refractivity (Wildman–Crippen MR) is 64.2 cm³/mol. The van der Waals surface area contributed by atoms with Gasteiger partial charge in [0.1, 0.15) is 15.6 Å². The molecule has 0 radical (unpaired) electrons. The number of sulfone groups is 1. The highest BCUT2D eigenvalue weighted by atomic mass is 32.2. The SMILES string of the molecule is Cc1ccoc1C(C)NCCCS(C)(=O)=O. The first kappa shape index (κ1) is 13.3. The van der Waals surface area contributed by atoms with Gasteiger partial charge in [-0.25, -0.2) is 8.42 Å².